The predicted octanol–water partition coefficient (Wildman–Crippen LogP) is 2.39. The van der Waals surface area contributed by atoms with Crippen molar-refractivity contribution in [3.05, 3.63) is 42.2 Å². The number of carbonyl (C=O) groups is 1. The van der Waals surface area contributed by atoms with Crippen LogP contribution >= 0.6 is 0 Å². The highest BCUT2D eigenvalue weighted by Crippen LogP contribution is 2.19. The summed E-state index contributed by atoms with van der Waals surface area (Å²) in [4.78, 5) is 15.5. The van der Waals surface area contributed by atoms with Crippen molar-refractivity contribution in [2.75, 3.05) is 6.61 Å². The van der Waals surface area contributed by atoms with Crippen LogP contribution in [-0.4, -0.2) is 22.1 Å². The molecule has 5 nitrogen and oxygen atoms in total. The van der Waals surface area contributed by atoms with Crippen molar-refractivity contribution < 1.29 is 14.3 Å². The molecule has 0 N–H and O–H groups in total. The SMILES string of the molecule is CCOC(=O)c1ccc(Oc2nccn2C)cc1. The van der Waals surface area contributed by atoms with Gasteiger partial charge in [0.05, 0.1) is 12.2 Å². The van der Waals surface area contributed by atoms with Crippen molar-refractivity contribution >= 4 is 5.97 Å². The first kappa shape index (κ1) is 12.2. The highest BCUT2D eigenvalue weighted by Gasteiger charge is 2.07. The zero-order valence-electron chi connectivity index (χ0n) is 10.3. The van der Waals surface area contributed by atoms with Crippen LogP contribution in [-0.2, 0) is 11.8 Å². The Kier molecular flexibility index (Phi) is 3.62. The van der Waals surface area contributed by atoms with E-state index in [4.69, 9.17) is 9.47 Å². The number of ether oxygens (including phenoxy) is 2. The van der Waals surface area contributed by atoms with Gasteiger partial charge in [-0.15, -0.1) is 0 Å². The second kappa shape index (κ2) is 5.35. The van der Waals surface area contributed by atoms with Crippen LogP contribution in [0, 0.1) is 0 Å². The summed E-state index contributed by atoms with van der Waals surface area (Å²) >= 11 is 0. The molecule has 1 aromatic heterocycles. The maximum Gasteiger partial charge on any atom is 0.338 e. The van der Waals surface area contributed by atoms with Gasteiger partial charge >= 0.3 is 12.0 Å². The van der Waals surface area contributed by atoms with Gasteiger partial charge in [-0.25, -0.2) is 9.78 Å². The molecule has 0 aliphatic heterocycles. The van der Waals surface area contributed by atoms with E-state index in [1.54, 1.807) is 48.1 Å². The van der Waals surface area contributed by atoms with Crippen LogP contribution in [0.1, 0.15) is 17.3 Å². The molecular weight excluding hydrogens is 232 g/mol. The number of hydrogen-bond donors (Lipinski definition) is 0. The fraction of sp³-hybridized carbons (Fsp3) is 0.231. The Morgan fingerprint density at radius 3 is 2.61 bits per heavy atom. The first-order chi connectivity index (χ1) is 8.70. The van der Waals surface area contributed by atoms with E-state index in [0.29, 0.717) is 23.9 Å². The van der Waals surface area contributed by atoms with Gasteiger partial charge in [0.1, 0.15) is 5.75 Å². The van der Waals surface area contributed by atoms with Gasteiger partial charge in [-0.3, -0.25) is 0 Å². The summed E-state index contributed by atoms with van der Waals surface area (Å²) in [7, 11) is 1.84. The van der Waals surface area contributed by atoms with Crippen LogP contribution in [0.4, 0.5) is 0 Å². The molecule has 0 bridgehead atoms. The molecule has 0 unspecified atom stereocenters. The largest absolute Gasteiger partial charge is 0.462 e. The van der Waals surface area contributed by atoms with Gasteiger partial charge in [0.2, 0.25) is 0 Å². The van der Waals surface area contributed by atoms with E-state index >= 15 is 0 Å². The molecule has 0 spiro atoms. The second-order valence-corrected chi connectivity index (χ2v) is 3.67. The molecule has 0 saturated heterocycles. The number of hydrogen-bond acceptors (Lipinski definition) is 4. The molecular formula is C13H14N2O3. The first-order valence-electron chi connectivity index (χ1n) is 5.63. The molecule has 18 heavy (non-hydrogen) atoms. The van der Waals surface area contributed by atoms with E-state index in [2.05, 4.69) is 4.98 Å². The van der Waals surface area contributed by atoms with Crippen LogP contribution in [0.5, 0.6) is 11.8 Å². The molecule has 0 fully saturated rings. The molecule has 1 aromatic carbocycles. The minimum atomic E-state index is -0.332. The normalized spacial score (nSPS) is 10.1. The lowest BCUT2D eigenvalue weighted by Crippen LogP contribution is -2.04. The predicted molar refractivity (Wildman–Crippen MR) is 65.7 cm³/mol. The lowest BCUT2D eigenvalue weighted by molar-refractivity contribution is 0.0526. The summed E-state index contributed by atoms with van der Waals surface area (Å²) in [6.07, 6.45) is 3.45. The van der Waals surface area contributed by atoms with Gasteiger partial charge in [-0.05, 0) is 31.2 Å². The Bertz CT molecular complexity index is 531. The summed E-state index contributed by atoms with van der Waals surface area (Å²) in [6, 6.07) is 7.24. The van der Waals surface area contributed by atoms with Gasteiger partial charge in [0, 0.05) is 19.4 Å². The average Bonchev–Trinajstić information content (AvgIpc) is 2.76. The van der Waals surface area contributed by atoms with Crippen molar-refractivity contribution in [1.82, 2.24) is 9.55 Å². The van der Waals surface area contributed by atoms with E-state index in [1.807, 2.05) is 7.05 Å². The number of aryl methyl sites for hydroxylation is 1. The molecule has 0 aliphatic carbocycles. The first-order valence-corrected chi connectivity index (χ1v) is 5.63. The minimum absolute atomic E-state index is 0.332. The summed E-state index contributed by atoms with van der Waals surface area (Å²) in [5, 5.41) is 0. The minimum Gasteiger partial charge on any atom is -0.462 e. The monoisotopic (exact) mass is 246 g/mol. The fourth-order valence-corrected chi connectivity index (χ4v) is 1.43. The molecule has 0 saturated carbocycles. The summed E-state index contributed by atoms with van der Waals surface area (Å²) in [5.74, 6) is 0.290. The average molecular weight is 246 g/mol. The third-order valence-corrected chi connectivity index (χ3v) is 2.35. The van der Waals surface area contributed by atoms with Crippen LogP contribution in [0.3, 0.4) is 0 Å². The molecule has 94 valence electrons. The third-order valence-electron chi connectivity index (χ3n) is 2.35. The standard InChI is InChI=1S/C13H14N2O3/c1-3-17-12(16)10-4-6-11(7-5-10)18-13-14-8-9-15(13)2/h4-9H,3H2,1-2H3. The number of aromatic nitrogens is 2. The number of esters is 1. The lowest BCUT2D eigenvalue weighted by Gasteiger charge is -2.06. The van der Waals surface area contributed by atoms with Gasteiger partial charge in [-0.1, -0.05) is 0 Å². The van der Waals surface area contributed by atoms with Crippen LogP contribution in [0.2, 0.25) is 0 Å². The van der Waals surface area contributed by atoms with Gasteiger partial charge in [-0.2, -0.15) is 0 Å². The third kappa shape index (κ3) is 2.68. The van der Waals surface area contributed by atoms with E-state index < -0.39 is 0 Å². The summed E-state index contributed by atoms with van der Waals surface area (Å²) in [5.41, 5.74) is 0.504. The van der Waals surface area contributed by atoms with Gasteiger partial charge in [0.15, 0.2) is 0 Å². The Morgan fingerprint density at radius 2 is 2.06 bits per heavy atom. The number of benzene rings is 1. The number of imidazole rings is 1. The van der Waals surface area contributed by atoms with Crippen LogP contribution < -0.4 is 4.74 Å². The molecule has 0 radical (unpaired) electrons. The second-order valence-electron chi connectivity index (χ2n) is 3.67. The topological polar surface area (TPSA) is 53.4 Å². The van der Waals surface area contributed by atoms with Crippen molar-refractivity contribution in [3.63, 3.8) is 0 Å². The number of nitrogens with zero attached hydrogens (tertiary/aromatic N) is 2. The van der Waals surface area contributed by atoms with E-state index in [0.717, 1.165) is 0 Å². The van der Waals surface area contributed by atoms with E-state index in [1.165, 1.54) is 0 Å². The molecule has 0 aliphatic rings. The molecule has 2 rings (SSSR count). The smallest absolute Gasteiger partial charge is 0.338 e. The molecule has 5 heteroatoms. The quantitative estimate of drug-likeness (QED) is 0.777. The Balaban J connectivity index is 2.08. The van der Waals surface area contributed by atoms with E-state index in [9.17, 15) is 4.79 Å². The highest BCUT2D eigenvalue weighted by molar-refractivity contribution is 5.89. The summed E-state index contributed by atoms with van der Waals surface area (Å²) in [6.45, 7) is 2.14. The lowest BCUT2D eigenvalue weighted by atomic mass is 10.2. The maximum absolute atomic E-state index is 11.4. The fourth-order valence-electron chi connectivity index (χ4n) is 1.43. The molecule has 0 amide bonds. The van der Waals surface area contributed by atoms with Crippen molar-refractivity contribution in [3.8, 4) is 11.8 Å². The Morgan fingerprint density at radius 1 is 1.33 bits per heavy atom. The Labute approximate surface area is 105 Å². The number of rotatable bonds is 4. The highest BCUT2D eigenvalue weighted by atomic mass is 16.5. The van der Waals surface area contributed by atoms with Crippen LogP contribution in [0.25, 0.3) is 0 Å². The van der Waals surface area contributed by atoms with Crippen molar-refractivity contribution in [1.29, 1.82) is 0 Å². The van der Waals surface area contributed by atoms with Crippen molar-refractivity contribution in [2.45, 2.75) is 6.92 Å². The van der Waals surface area contributed by atoms with Crippen molar-refractivity contribution in [2.24, 2.45) is 7.05 Å². The zero-order valence-corrected chi connectivity index (χ0v) is 10.3. The summed E-state index contributed by atoms with van der Waals surface area (Å²) < 4.78 is 12.2. The molecule has 2 aromatic rings. The number of carbonyl (C=O) groups excluding carboxylic acids is 1. The Hall–Kier alpha value is -2.30. The molecule has 0 atom stereocenters. The molecule has 1 heterocycles. The van der Waals surface area contributed by atoms with E-state index in [-0.39, 0.29) is 5.97 Å². The van der Waals surface area contributed by atoms with Gasteiger partial charge in [0.25, 0.3) is 0 Å². The zero-order chi connectivity index (χ0) is 13.0. The maximum atomic E-state index is 11.4. The van der Waals surface area contributed by atoms with Gasteiger partial charge < -0.3 is 14.0 Å². The van der Waals surface area contributed by atoms with Crippen LogP contribution in [0.15, 0.2) is 36.7 Å².